The van der Waals surface area contributed by atoms with Crippen molar-refractivity contribution < 1.29 is 18.7 Å². The van der Waals surface area contributed by atoms with E-state index in [0.717, 1.165) is 0 Å². The lowest BCUT2D eigenvalue weighted by Crippen LogP contribution is -2.11. The molecule has 0 fully saturated rings. The van der Waals surface area contributed by atoms with E-state index in [0.29, 0.717) is 5.75 Å². The minimum Gasteiger partial charge on any atom is -0.453 e. The van der Waals surface area contributed by atoms with E-state index in [-0.39, 0.29) is 17.6 Å². The second-order valence-electron chi connectivity index (χ2n) is 3.11. The van der Waals surface area contributed by atoms with Gasteiger partial charge in [-0.25, -0.2) is 0 Å². The third-order valence-electron chi connectivity index (χ3n) is 2.00. The van der Waals surface area contributed by atoms with Gasteiger partial charge < -0.3 is 19.6 Å². The summed E-state index contributed by atoms with van der Waals surface area (Å²) in [6.07, 6.45) is 1.42. The maximum atomic E-state index is 11.1. The molecule has 1 aromatic heterocycles. The van der Waals surface area contributed by atoms with Crippen LogP contribution in [0.15, 0.2) is 34.9 Å². The highest BCUT2D eigenvalue weighted by Gasteiger charge is 2.12. The summed E-state index contributed by atoms with van der Waals surface area (Å²) < 4.78 is 15.2. The number of aromatic nitrogens is 1. The second-order valence-corrected chi connectivity index (χ2v) is 3.11. The molecule has 1 heterocycles. The summed E-state index contributed by atoms with van der Waals surface area (Å²) in [5, 5.41) is 0. The number of carbonyl (C=O) groups is 1. The summed E-state index contributed by atoms with van der Waals surface area (Å²) in [6.45, 7) is 0. The monoisotopic (exact) mass is 234 g/mol. The molecule has 0 bridgehead atoms. The molecular formula is C11H10N2O4. The number of nitrogens with two attached hydrogens (primary N) is 1. The molecule has 0 atom stereocenters. The molecule has 0 aliphatic carbocycles. The van der Waals surface area contributed by atoms with E-state index in [1.807, 2.05) is 0 Å². The molecule has 0 spiro atoms. The fourth-order valence-electron chi connectivity index (χ4n) is 1.25. The number of methoxy groups -OCH3 is 1. The van der Waals surface area contributed by atoms with Gasteiger partial charge in [0.15, 0.2) is 0 Å². The van der Waals surface area contributed by atoms with Crippen LogP contribution in [-0.4, -0.2) is 18.0 Å². The van der Waals surface area contributed by atoms with Gasteiger partial charge in [-0.05, 0) is 12.1 Å². The van der Waals surface area contributed by atoms with Crippen molar-refractivity contribution in [3.63, 3.8) is 0 Å². The smallest absolute Gasteiger partial charge is 0.396 e. The standard InChI is InChI=1S/C11H10N2O4/c1-15-11-13-6-9(17-11)16-8-5-3-2-4-7(8)10(12)14/h2-6H,1H3,(H2,12,14). The van der Waals surface area contributed by atoms with Crippen molar-refractivity contribution in [2.24, 2.45) is 5.73 Å². The Kier molecular flexibility index (Phi) is 2.95. The van der Waals surface area contributed by atoms with Crippen LogP contribution in [0.4, 0.5) is 0 Å². The number of amides is 1. The topological polar surface area (TPSA) is 87.6 Å². The maximum absolute atomic E-state index is 11.1. The molecule has 1 aromatic carbocycles. The van der Waals surface area contributed by atoms with Gasteiger partial charge in [0.05, 0.1) is 12.7 Å². The molecule has 6 heteroatoms. The lowest BCUT2D eigenvalue weighted by molar-refractivity contribution is 0.0997. The summed E-state index contributed by atoms with van der Waals surface area (Å²) in [4.78, 5) is 14.9. The maximum Gasteiger partial charge on any atom is 0.396 e. The Morgan fingerprint density at radius 2 is 2.18 bits per heavy atom. The Hall–Kier alpha value is -2.50. The lowest BCUT2D eigenvalue weighted by atomic mass is 10.2. The van der Waals surface area contributed by atoms with Crippen LogP contribution in [0.5, 0.6) is 17.8 Å². The van der Waals surface area contributed by atoms with Crippen LogP contribution < -0.4 is 15.2 Å². The van der Waals surface area contributed by atoms with Crippen LogP contribution >= 0.6 is 0 Å². The third kappa shape index (κ3) is 2.36. The average molecular weight is 234 g/mol. The molecule has 2 aromatic rings. The first-order chi connectivity index (χ1) is 8.20. The van der Waals surface area contributed by atoms with Crippen LogP contribution in [-0.2, 0) is 0 Å². The number of para-hydroxylation sites is 1. The fourth-order valence-corrected chi connectivity index (χ4v) is 1.25. The number of rotatable bonds is 4. The summed E-state index contributed by atoms with van der Waals surface area (Å²) in [6, 6.07) is 6.57. The van der Waals surface area contributed by atoms with Crippen LogP contribution in [0.3, 0.4) is 0 Å². The lowest BCUT2D eigenvalue weighted by Gasteiger charge is -2.05. The van der Waals surface area contributed by atoms with E-state index in [1.165, 1.54) is 13.3 Å². The number of primary amides is 1. The normalized spacial score (nSPS) is 9.94. The van der Waals surface area contributed by atoms with Crippen molar-refractivity contribution in [1.29, 1.82) is 0 Å². The zero-order valence-corrected chi connectivity index (χ0v) is 9.04. The summed E-state index contributed by atoms with van der Waals surface area (Å²) in [7, 11) is 1.42. The predicted octanol–water partition coefficient (Wildman–Crippen LogP) is 1.57. The van der Waals surface area contributed by atoms with Crippen molar-refractivity contribution in [1.82, 2.24) is 4.98 Å². The molecule has 88 valence electrons. The molecular weight excluding hydrogens is 224 g/mol. The molecule has 0 saturated carbocycles. The first-order valence-corrected chi connectivity index (χ1v) is 4.77. The summed E-state index contributed by atoms with van der Waals surface area (Å²) in [5.41, 5.74) is 5.48. The third-order valence-corrected chi connectivity index (χ3v) is 2.00. The molecule has 0 radical (unpaired) electrons. The first-order valence-electron chi connectivity index (χ1n) is 4.77. The van der Waals surface area contributed by atoms with Gasteiger partial charge in [0.1, 0.15) is 11.9 Å². The number of hydrogen-bond donors (Lipinski definition) is 1. The van der Waals surface area contributed by atoms with E-state index in [4.69, 9.17) is 19.6 Å². The molecule has 0 aliphatic heterocycles. The van der Waals surface area contributed by atoms with Crippen molar-refractivity contribution in [2.75, 3.05) is 7.11 Å². The highest BCUT2D eigenvalue weighted by molar-refractivity contribution is 5.95. The molecule has 0 saturated heterocycles. The van der Waals surface area contributed by atoms with Gasteiger partial charge in [-0.2, -0.15) is 4.98 Å². The predicted molar refractivity (Wildman–Crippen MR) is 58.1 cm³/mol. The van der Waals surface area contributed by atoms with Crippen molar-refractivity contribution in [3.8, 4) is 17.8 Å². The Bertz CT molecular complexity index is 536. The Morgan fingerprint density at radius 3 is 2.82 bits per heavy atom. The molecule has 0 unspecified atom stereocenters. The number of ether oxygens (including phenoxy) is 2. The van der Waals surface area contributed by atoms with E-state index < -0.39 is 5.91 Å². The van der Waals surface area contributed by atoms with Gasteiger partial charge in [0.25, 0.3) is 5.91 Å². The zero-order valence-electron chi connectivity index (χ0n) is 9.04. The van der Waals surface area contributed by atoms with Gasteiger partial charge in [0.2, 0.25) is 0 Å². The molecule has 2 N–H and O–H groups in total. The Labute approximate surface area is 97.0 Å². The molecule has 2 rings (SSSR count). The largest absolute Gasteiger partial charge is 0.453 e. The van der Waals surface area contributed by atoms with Gasteiger partial charge in [-0.15, -0.1) is 0 Å². The summed E-state index contributed by atoms with van der Waals surface area (Å²) in [5.74, 6) is -0.151. The number of carbonyl (C=O) groups excluding carboxylic acids is 1. The number of nitrogens with zero attached hydrogens (tertiary/aromatic N) is 1. The van der Waals surface area contributed by atoms with E-state index in [1.54, 1.807) is 24.3 Å². The fraction of sp³-hybridized carbons (Fsp3) is 0.0909. The molecule has 6 nitrogen and oxygen atoms in total. The van der Waals surface area contributed by atoms with Crippen molar-refractivity contribution in [2.45, 2.75) is 0 Å². The van der Waals surface area contributed by atoms with Gasteiger partial charge in [0, 0.05) is 0 Å². The van der Waals surface area contributed by atoms with Crippen LogP contribution in [0.1, 0.15) is 10.4 Å². The Balaban J connectivity index is 2.26. The minimum atomic E-state index is -0.577. The minimum absolute atomic E-state index is 0.0801. The molecule has 1 amide bonds. The van der Waals surface area contributed by atoms with E-state index in [9.17, 15) is 4.79 Å². The Morgan fingerprint density at radius 1 is 1.41 bits per heavy atom. The number of benzene rings is 1. The number of oxazole rings is 1. The molecule has 0 aliphatic rings. The van der Waals surface area contributed by atoms with E-state index in [2.05, 4.69) is 4.98 Å². The first kappa shape index (κ1) is 11.0. The van der Waals surface area contributed by atoms with Gasteiger partial charge in [-0.1, -0.05) is 12.1 Å². The van der Waals surface area contributed by atoms with Crippen LogP contribution in [0.25, 0.3) is 0 Å². The highest BCUT2D eigenvalue weighted by atomic mass is 16.7. The van der Waals surface area contributed by atoms with E-state index >= 15 is 0 Å². The zero-order chi connectivity index (χ0) is 12.3. The van der Waals surface area contributed by atoms with Crippen LogP contribution in [0, 0.1) is 0 Å². The van der Waals surface area contributed by atoms with Gasteiger partial charge in [-0.3, -0.25) is 4.79 Å². The van der Waals surface area contributed by atoms with Crippen LogP contribution in [0.2, 0.25) is 0 Å². The summed E-state index contributed by atoms with van der Waals surface area (Å²) >= 11 is 0. The second kappa shape index (κ2) is 4.56. The number of hydrogen-bond acceptors (Lipinski definition) is 5. The average Bonchev–Trinajstić information content (AvgIpc) is 2.77. The van der Waals surface area contributed by atoms with Crippen molar-refractivity contribution >= 4 is 5.91 Å². The SMILES string of the molecule is COc1ncc(Oc2ccccc2C(N)=O)o1. The highest BCUT2D eigenvalue weighted by Crippen LogP contribution is 2.27. The quantitative estimate of drug-likeness (QED) is 0.867. The van der Waals surface area contributed by atoms with Gasteiger partial charge >= 0.3 is 12.0 Å². The van der Waals surface area contributed by atoms with Crippen molar-refractivity contribution in [3.05, 3.63) is 36.0 Å². The molecule has 17 heavy (non-hydrogen) atoms.